The fourth-order valence-corrected chi connectivity index (χ4v) is 4.02. The van der Waals surface area contributed by atoms with Gasteiger partial charge in [0.05, 0.1) is 29.3 Å². The van der Waals surface area contributed by atoms with Gasteiger partial charge in [0.25, 0.3) is 5.91 Å². The molecule has 1 amide bonds. The maximum atomic E-state index is 13.1. The molecule has 0 saturated heterocycles. The summed E-state index contributed by atoms with van der Waals surface area (Å²) in [5.41, 5.74) is 1.89. The number of carbonyl (C=O) groups excluding carboxylic acids is 2. The van der Waals surface area contributed by atoms with Crippen molar-refractivity contribution in [3.8, 4) is 0 Å². The summed E-state index contributed by atoms with van der Waals surface area (Å²) in [6, 6.07) is 13.9. The van der Waals surface area contributed by atoms with Crippen molar-refractivity contribution in [2.45, 2.75) is 19.5 Å². The van der Waals surface area contributed by atoms with Gasteiger partial charge in [-0.25, -0.2) is 0 Å². The summed E-state index contributed by atoms with van der Waals surface area (Å²) < 4.78 is 5.38. The summed E-state index contributed by atoms with van der Waals surface area (Å²) in [5.74, 6) is -0.813. The van der Waals surface area contributed by atoms with Gasteiger partial charge in [-0.1, -0.05) is 35.9 Å². The highest BCUT2D eigenvalue weighted by Crippen LogP contribution is 2.40. The summed E-state index contributed by atoms with van der Waals surface area (Å²) >= 11 is 1.28. The summed E-state index contributed by atoms with van der Waals surface area (Å²) in [4.78, 5) is 27.8. The molecule has 1 unspecified atom stereocenters. The first kappa shape index (κ1) is 17.3. The smallest absolute Gasteiger partial charge is 0.290 e. The van der Waals surface area contributed by atoms with Crippen LogP contribution < -0.4 is 0 Å². The third-order valence-electron chi connectivity index (χ3n) is 4.56. The monoisotopic (exact) mass is 379 g/mol. The molecule has 0 bridgehead atoms. The number of aliphatic hydroxyl groups excluding tert-OH is 1. The van der Waals surface area contributed by atoms with Crippen LogP contribution in [0.5, 0.6) is 0 Å². The zero-order valence-corrected chi connectivity index (χ0v) is 15.4. The molecule has 0 fully saturated rings. The highest BCUT2D eigenvalue weighted by Gasteiger charge is 2.44. The Labute approximate surface area is 160 Å². The van der Waals surface area contributed by atoms with Crippen LogP contribution in [-0.2, 0) is 11.3 Å². The molecule has 3 aromatic rings. The molecule has 6 heteroatoms. The standard InChI is InChI=1S/C21H17NO4S/c1-13-5-2-6-14(11-13)18-17(19(23)16-8-4-10-27-16)20(24)21(25)22(18)12-15-7-3-9-26-15/h2-11,18,24H,12H2,1H3. The third kappa shape index (κ3) is 3.08. The van der Waals surface area contributed by atoms with Crippen LogP contribution in [-0.4, -0.2) is 21.7 Å². The molecule has 1 aliphatic rings. The van der Waals surface area contributed by atoms with Crippen molar-refractivity contribution in [1.29, 1.82) is 0 Å². The molecule has 1 aromatic carbocycles. The molecule has 1 aliphatic heterocycles. The van der Waals surface area contributed by atoms with Gasteiger partial charge in [0.1, 0.15) is 5.76 Å². The van der Waals surface area contributed by atoms with Crippen LogP contribution in [0.4, 0.5) is 0 Å². The molecule has 5 nitrogen and oxygen atoms in total. The lowest BCUT2D eigenvalue weighted by Gasteiger charge is -2.26. The van der Waals surface area contributed by atoms with Gasteiger partial charge in [-0.2, -0.15) is 0 Å². The van der Waals surface area contributed by atoms with E-state index in [9.17, 15) is 14.7 Å². The van der Waals surface area contributed by atoms with Crippen LogP contribution in [0.3, 0.4) is 0 Å². The topological polar surface area (TPSA) is 70.8 Å². The van der Waals surface area contributed by atoms with E-state index in [1.54, 1.807) is 29.6 Å². The summed E-state index contributed by atoms with van der Waals surface area (Å²) in [5, 5.41) is 12.4. The van der Waals surface area contributed by atoms with Crippen molar-refractivity contribution < 1.29 is 19.1 Å². The van der Waals surface area contributed by atoms with Crippen LogP contribution in [0, 0.1) is 6.92 Å². The Morgan fingerprint density at radius 2 is 2.07 bits per heavy atom. The van der Waals surface area contributed by atoms with Gasteiger partial charge < -0.3 is 14.4 Å². The molecule has 1 N–H and O–H groups in total. The number of furan rings is 1. The van der Waals surface area contributed by atoms with E-state index in [2.05, 4.69) is 0 Å². The van der Waals surface area contributed by atoms with Crippen LogP contribution in [0.1, 0.15) is 32.6 Å². The van der Waals surface area contributed by atoms with Gasteiger partial charge >= 0.3 is 0 Å². The molecule has 27 heavy (non-hydrogen) atoms. The second kappa shape index (κ2) is 6.89. The Morgan fingerprint density at radius 3 is 2.74 bits per heavy atom. The number of aryl methyl sites for hydroxylation is 1. The minimum absolute atomic E-state index is 0.111. The fourth-order valence-electron chi connectivity index (χ4n) is 3.35. The highest BCUT2D eigenvalue weighted by atomic mass is 32.1. The predicted molar refractivity (Wildman–Crippen MR) is 101 cm³/mol. The summed E-state index contributed by atoms with van der Waals surface area (Å²) in [6.45, 7) is 2.11. The van der Waals surface area contributed by atoms with E-state index >= 15 is 0 Å². The maximum absolute atomic E-state index is 13.1. The number of amides is 1. The van der Waals surface area contributed by atoms with E-state index < -0.39 is 17.7 Å². The van der Waals surface area contributed by atoms with Crippen molar-refractivity contribution >= 4 is 23.0 Å². The van der Waals surface area contributed by atoms with E-state index in [0.29, 0.717) is 10.6 Å². The Morgan fingerprint density at radius 1 is 1.22 bits per heavy atom. The first-order valence-corrected chi connectivity index (χ1v) is 9.35. The predicted octanol–water partition coefficient (Wildman–Crippen LogP) is 4.43. The van der Waals surface area contributed by atoms with E-state index in [1.807, 2.05) is 31.2 Å². The summed E-state index contributed by atoms with van der Waals surface area (Å²) in [7, 11) is 0. The molecule has 0 radical (unpaired) electrons. The van der Waals surface area contributed by atoms with Gasteiger partial charge in [-0.15, -0.1) is 11.3 Å². The minimum Gasteiger partial charge on any atom is -0.503 e. The lowest BCUT2D eigenvalue weighted by atomic mass is 9.94. The third-order valence-corrected chi connectivity index (χ3v) is 5.43. The van der Waals surface area contributed by atoms with Crippen molar-refractivity contribution in [2.75, 3.05) is 0 Å². The lowest BCUT2D eigenvalue weighted by Crippen LogP contribution is -2.30. The number of hydrogen-bond acceptors (Lipinski definition) is 5. The molecule has 3 heterocycles. The first-order valence-electron chi connectivity index (χ1n) is 8.47. The number of carbonyl (C=O) groups is 2. The Kier molecular flexibility index (Phi) is 4.41. The number of thiophene rings is 1. The second-order valence-electron chi connectivity index (χ2n) is 6.40. The molecule has 136 valence electrons. The number of ketones is 1. The van der Waals surface area contributed by atoms with Crippen LogP contribution in [0.25, 0.3) is 0 Å². The van der Waals surface area contributed by atoms with Crippen molar-refractivity contribution in [2.24, 2.45) is 0 Å². The zero-order chi connectivity index (χ0) is 19.0. The average molecular weight is 379 g/mol. The maximum Gasteiger partial charge on any atom is 0.290 e. The SMILES string of the molecule is Cc1cccc(C2C(C(=O)c3cccs3)=C(O)C(=O)N2Cc2ccco2)c1. The van der Waals surface area contributed by atoms with Crippen LogP contribution >= 0.6 is 11.3 Å². The molecule has 1 atom stereocenters. The molecular weight excluding hydrogens is 362 g/mol. The zero-order valence-electron chi connectivity index (χ0n) is 14.6. The number of benzene rings is 1. The Hall–Kier alpha value is -3.12. The number of Topliss-reactive ketones (excluding diaryl/α,β-unsaturated/α-hetero) is 1. The molecule has 2 aromatic heterocycles. The van der Waals surface area contributed by atoms with Crippen LogP contribution in [0.15, 0.2) is 75.9 Å². The minimum atomic E-state index is -0.669. The van der Waals surface area contributed by atoms with Gasteiger partial charge in [-0.05, 0) is 36.1 Å². The fraction of sp³-hybridized carbons (Fsp3) is 0.143. The van der Waals surface area contributed by atoms with Gasteiger partial charge in [0.15, 0.2) is 5.76 Å². The second-order valence-corrected chi connectivity index (χ2v) is 7.35. The van der Waals surface area contributed by atoms with Gasteiger partial charge in [0, 0.05) is 0 Å². The largest absolute Gasteiger partial charge is 0.503 e. The van der Waals surface area contributed by atoms with E-state index in [4.69, 9.17) is 4.42 Å². The number of aliphatic hydroxyl groups is 1. The highest BCUT2D eigenvalue weighted by molar-refractivity contribution is 7.12. The van der Waals surface area contributed by atoms with Crippen molar-refractivity contribution in [1.82, 2.24) is 4.90 Å². The average Bonchev–Trinajstić information content (AvgIpc) is 3.40. The van der Waals surface area contributed by atoms with E-state index in [-0.39, 0.29) is 17.9 Å². The van der Waals surface area contributed by atoms with Gasteiger partial charge in [0.2, 0.25) is 5.78 Å². The molecule has 0 spiro atoms. The first-order chi connectivity index (χ1) is 13.1. The number of hydrogen-bond donors (Lipinski definition) is 1. The quantitative estimate of drug-likeness (QED) is 0.666. The number of nitrogens with zero attached hydrogens (tertiary/aromatic N) is 1. The normalized spacial score (nSPS) is 17.0. The Balaban J connectivity index is 1.81. The molecule has 4 rings (SSSR count). The molecular formula is C21H17NO4S. The van der Waals surface area contributed by atoms with Crippen LogP contribution in [0.2, 0.25) is 0 Å². The van der Waals surface area contributed by atoms with E-state index in [0.717, 1.165) is 11.1 Å². The molecule has 0 aliphatic carbocycles. The molecule has 0 saturated carbocycles. The van der Waals surface area contributed by atoms with Gasteiger partial charge in [-0.3, -0.25) is 9.59 Å². The summed E-state index contributed by atoms with van der Waals surface area (Å²) in [6.07, 6.45) is 1.53. The van der Waals surface area contributed by atoms with Crippen molar-refractivity contribution in [3.05, 3.63) is 93.3 Å². The van der Waals surface area contributed by atoms with E-state index in [1.165, 1.54) is 22.5 Å². The van der Waals surface area contributed by atoms with Crippen molar-refractivity contribution in [3.63, 3.8) is 0 Å². The lowest BCUT2D eigenvalue weighted by molar-refractivity contribution is -0.130. The Bertz CT molecular complexity index is 1020. The number of rotatable bonds is 5.